The van der Waals surface area contributed by atoms with Gasteiger partial charge in [0.25, 0.3) is 10.0 Å². The third-order valence-corrected chi connectivity index (χ3v) is 5.43. The van der Waals surface area contributed by atoms with Crippen LogP contribution in [0.5, 0.6) is 0 Å². The van der Waals surface area contributed by atoms with Crippen molar-refractivity contribution in [2.45, 2.75) is 11.3 Å². The molecule has 0 bridgehead atoms. The highest BCUT2D eigenvalue weighted by Crippen LogP contribution is 2.26. The third-order valence-electron chi connectivity index (χ3n) is 4.08. The maximum atomic E-state index is 12.6. The maximum absolute atomic E-state index is 12.6. The van der Waals surface area contributed by atoms with Gasteiger partial charge >= 0.3 is 0 Å². The quantitative estimate of drug-likeness (QED) is 0.631. The summed E-state index contributed by atoms with van der Waals surface area (Å²) in [7, 11) is -3.80. The lowest BCUT2D eigenvalue weighted by Gasteiger charge is -2.10. The van der Waals surface area contributed by atoms with Gasteiger partial charge in [-0.15, -0.1) is 0 Å². The summed E-state index contributed by atoms with van der Waals surface area (Å²) in [6, 6.07) is 17.5. The van der Waals surface area contributed by atoms with Crippen LogP contribution in [0.3, 0.4) is 0 Å². The van der Waals surface area contributed by atoms with Crippen LogP contribution in [0.2, 0.25) is 0 Å². The van der Waals surface area contributed by atoms with E-state index in [1.165, 1.54) is 12.1 Å². The number of carbonyl (C=O) groups excluding carboxylic acids is 1. The molecule has 1 aliphatic heterocycles. The van der Waals surface area contributed by atoms with E-state index in [9.17, 15) is 13.2 Å². The zero-order chi connectivity index (χ0) is 18.9. The number of hydrogen-bond donors (Lipinski definition) is 3. The van der Waals surface area contributed by atoms with Gasteiger partial charge in [0, 0.05) is 11.4 Å². The Hall–Kier alpha value is -3.39. The standard InChI is InChI=1S/C19H16N4O3S/c24-19-11-13-10-16(7-8-17(13)22-19)27(25,26)23-18-9-6-15(12-20-18)21-14-4-2-1-3-5-14/h1-10,12,21H,11H2,(H,20,23)(H,22,24). The zero-order valence-corrected chi connectivity index (χ0v) is 15.0. The van der Waals surface area contributed by atoms with Gasteiger partial charge in [-0.2, -0.15) is 0 Å². The van der Waals surface area contributed by atoms with Crippen LogP contribution in [0.25, 0.3) is 0 Å². The Bertz CT molecular complexity index is 1100. The van der Waals surface area contributed by atoms with Gasteiger partial charge < -0.3 is 10.6 Å². The molecule has 0 aliphatic carbocycles. The summed E-state index contributed by atoms with van der Waals surface area (Å²) in [5, 5.41) is 5.86. The molecule has 4 rings (SSSR count). The van der Waals surface area contributed by atoms with Crippen molar-refractivity contribution >= 4 is 38.8 Å². The van der Waals surface area contributed by atoms with E-state index in [-0.39, 0.29) is 23.0 Å². The number of benzene rings is 2. The highest BCUT2D eigenvalue weighted by molar-refractivity contribution is 7.92. The monoisotopic (exact) mass is 380 g/mol. The van der Waals surface area contributed by atoms with Gasteiger partial charge in [-0.1, -0.05) is 18.2 Å². The number of para-hydroxylation sites is 1. The summed E-state index contributed by atoms with van der Waals surface area (Å²) in [5.74, 6) is 0.0685. The van der Waals surface area contributed by atoms with Gasteiger partial charge in [0.1, 0.15) is 5.82 Å². The largest absolute Gasteiger partial charge is 0.354 e. The first-order chi connectivity index (χ1) is 13.0. The first-order valence-electron chi connectivity index (χ1n) is 8.23. The molecule has 0 saturated carbocycles. The van der Waals surface area contributed by atoms with E-state index in [0.29, 0.717) is 11.3 Å². The molecule has 0 fully saturated rings. The molecule has 8 heteroatoms. The van der Waals surface area contributed by atoms with Crippen LogP contribution in [0, 0.1) is 0 Å². The molecule has 136 valence electrons. The fourth-order valence-corrected chi connectivity index (χ4v) is 3.84. The van der Waals surface area contributed by atoms with Gasteiger partial charge in [-0.3, -0.25) is 9.52 Å². The average molecular weight is 380 g/mol. The molecule has 1 aromatic heterocycles. The highest BCUT2D eigenvalue weighted by Gasteiger charge is 2.22. The van der Waals surface area contributed by atoms with Crippen LogP contribution in [0.1, 0.15) is 5.56 Å². The minimum Gasteiger partial charge on any atom is -0.354 e. The van der Waals surface area contributed by atoms with E-state index in [1.54, 1.807) is 24.4 Å². The molecule has 0 atom stereocenters. The fraction of sp³-hybridized carbons (Fsp3) is 0.0526. The lowest BCUT2D eigenvalue weighted by molar-refractivity contribution is -0.115. The second-order valence-electron chi connectivity index (χ2n) is 6.07. The predicted molar refractivity (Wildman–Crippen MR) is 104 cm³/mol. The summed E-state index contributed by atoms with van der Waals surface area (Å²) in [6.07, 6.45) is 1.73. The van der Waals surface area contributed by atoms with E-state index in [0.717, 1.165) is 11.4 Å². The Balaban J connectivity index is 1.50. The van der Waals surface area contributed by atoms with Gasteiger partial charge in [0.2, 0.25) is 5.91 Å². The van der Waals surface area contributed by atoms with Crippen LogP contribution >= 0.6 is 0 Å². The first kappa shape index (κ1) is 17.0. The van der Waals surface area contributed by atoms with Gasteiger partial charge in [-0.05, 0) is 48.0 Å². The fourth-order valence-electron chi connectivity index (χ4n) is 2.79. The van der Waals surface area contributed by atoms with E-state index in [4.69, 9.17) is 0 Å². The van der Waals surface area contributed by atoms with Gasteiger partial charge in [-0.25, -0.2) is 13.4 Å². The number of aromatic nitrogens is 1. The second kappa shape index (κ2) is 6.73. The summed E-state index contributed by atoms with van der Waals surface area (Å²) >= 11 is 0. The molecule has 0 saturated heterocycles. The highest BCUT2D eigenvalue weighted by atomic mass is 32.2. The summed E-state index contributed by atoms with van der Waals surface area (Å²) in [4.78, 5) is 15.7. The number of carbonyl (C=O) groups is 1. The maximum Gasteiger partial charge on any atom is 0.263 e. The van der Waals surface area contributed by atoms with E-state index in [1.807, 2.05) is 30.3 Å². The SMILES string of the molecule is O=C1Cc2cc(S(=O)(=O)Nc3ccc(Nc4ccccc4)cn3)ccc2N1. The van der Waals surface area contributed by atoms with Crippen LogP contribution in [-0.2, 0) is 21.2 Å². The van der Waals surface area contributed by atoms with Crippen molar-refractivity contribution in [3.8, 4) is 0 Å². The topological polar surface area (TPSA) is 100 Å². The number of anilines is 4. The molecule has 2 aromatic carbocycles. The molecule has 2 heterocycles. The molecule has 3 N–H and O–H groups in total. The third kappa shape index (κ3) is 3.75. The lowest BCUT2D eigenvalue weighted by atomic mass is 10.2. The van der Waals surface area contributed by atoms with Crippen molar-refractivity contribution in [3.05, 3.63) is 72.4 Å². The average Bonchev–Trinajstić information content (AvgIpc) is 3.03. The molecular weight excluding hydrogens is 364 g/mol. The molecular formula is C19H16N4O3S. The number of nitrogens with one attached hydrogen (secondary N) is 3. The van der Waals surface area contributed by atoms with Crippen molar-refractivity contribution in [2.24, 2.45) is 0 Å². The van der Waals surface area contributed by atoms with Gasteiger partial charge in [0.05, 0.1) is 23.2 Å². The van der Waals surface area contributed by atoms with Crippen molar-refractivity contribution in [2.75, 3.05) is 15.4 Å². The number of rotatable bonds is 5. The van der Waals surface area contributed by atoms with E-state index >= 15 is 0 Å². The van der Waals surface area contributed by atoms with Crippen LogP contribution < -0.4 is 15.4 Å². The smallest absolute Gasteiger partial charge is 0.263 e. The number of fused-ring (bicyclic) bond motifs is 1. The number of nitrogens with zero attached hydrogens (tertiary/aromatic N) is 1. The second-order valence-corrected chi connectivity index (χ2v) is 7.75. The minimum atomic E-state index is -3.80. The zero-order valence-electron chi connectivity index (χ0n) is 14.1. The van der Waals surface area contributed by atoms with Crippen molar-refractivity contribution in [1.82, 2.24) is 4.98 Å². The lowest BCUT2D eigenvalue weighted by Crippen LogP contribution is -2.14. The van der Waals surface area contributed by atoms with Crippen LogP contribution in [0.4, 0.5) is 22.9 Å². The van der Waals surface area contributed by atoms with Crippen LogP contribution in [0.15, 0.2) is 71.8 Å². The Morgan fingerprint density at radius 3 is 2.52 bits per heavy atom. The van der Waals surface area contributed by atoms with Crippen LogP contribution in [-0.4, -0.2) is 19.3 Å². The van der Waals surface area contributed by atoms with E-state index in [2.05, 4.69) is 20.3 Å². The summed E-state index contributed by atoms with van der Waals surface area (Å²) in [6.45, 7) is 0. The molecule has 0 radical (unpaired) electrons. The molecule has 1 aliphatic rings. The Morgan fingerprint density at radius 1 is 0.963 bits per heavy atom. The first-order valence-corrected chi connectivity index (χ1v) is 9.72. The Morgan fingerprint density at radius 2 is 1.78 bits per heavy atom. The molecule has 0 unspecified atom stereocenters. The molecule has 0 spiro atoms. The molecule has 7 nitrogen and oxygen atoms in total. The number of pyridine rings is 1. The molecule has 3 aromatic rings. The number of amides is 1. The summed E-state index contributed by atoms with van der Waals surface area (Å²) in [5.41, 5.74) is 2.96. The van der Waals surface area contributed by atoms with Gasteiger partial charge in [0.15, 0.2) is 0 Å². The Labute approximate surface area is 156 Å². The predicted octanol–water partition coefficient (Wildman–Crippen LogP) is 3.12. The van der Waals surface area contributed by atoms with Crippen molar-refractivity contribution in [3.63, 3.8) is 0 Å². The van der Waals surface area contributed by atoms with Crippen molar-refractivity contribution in [1.29, 1.82) is 0 Å². The Kier molecular flexibility index (Phi) is 4.25. The normalized spacial score (nSPS) is 13.0. The number of sulfonamides is 1. The van der Waals surface area contributed by atoms with E-state index < -0.39 is 10.0 Å². The number of hydrogen-bond acceptors (Lipinski definition) is 5. The molecule has 1 amide bonds. The van der Waals surface area contributed by atoms with Crippen molar-refractivity contribution < 1.29 is 13.2 Å². The molecule has 27 heavy (non-hydrogen) atoms. The minimum absolute atomic E-state index is 0.0889. The summed E-state index contributed by atoms with van der Waals surface area (Å²) < 4.78 is 27.6.